The van der Waals surface area contributed by atoms with E-state index >= 15 is 0 Å². The Bertz CT molecular complexity index is 823. The van der Waals surface area contributed by atoms with E-state index in [1.54, 1.807) is 29.1 Å². The fourth-order valence-corrected chi connectivity index (χ4v) is 2.44. The van der Waals surface area contributed by atoms with Crippen LogP contribution in [0.3, 0.4) is 0 Å². The average molecular weight is 366 g/mol. The number of furan rings is 1. The zero-order chi connectivity index (χ0) is 15.0. The standard InChI is InChI=1S/C15H10BrClN2O2/c1-9-2-3-11(6-12(9)17)19-7-10(8-20)15(18-19)13-4-5-14(16)21-13/h2-8H,1H3. The molecule has 0 unspecified atom stereocenters. The number of aromatic nitrogens is 2. The Balaban J connectivity index is 2.10. The molecule has 2 aromatic heterocycles. The van der Waals surface area contributed by atoms with Crippen LogP contribution in [0.2, 0.25) is 5.02 Å². The molecule has 106 valence electrons. The Morgan fingerprint density at radius 2 is 2.14 bits per heavy atom. The largest absolute Gasteiger partial charge is 0.448 e. The van der Waals surface area contributed by atoms with E-state index in [1.165, 1.54) is 0 Å². The minimum Gasteiger partial charge on any atom is -0.448 e. The molecule has 0 saturated heterocycles. The molecule has 1 aromatic carbocycles. The number of rotatable bonds is 3. The smallest absolute Gasteiger partial charge is 0.169 e. The van der Waals surface area contributed by atoms with Crippen LogP contribution in [-0.4, -0.2) is 16.1 Å². The molecule has 6 heteroatoms. The van der Waals surface area contributed by atoms with Gasteiger partial charge in [-0.2, -0.15) is 5.10 Å². The van der Waals surface area contributed by atoms with E-state index < -0.39 is 0 Å². The van der Waals surface area contributed by atoms with Crippen LogP contribution in [-0.2, 0) is 0 Å². The second-order valence-corrected chi connectivity index (χ2v) is 5.72. The lowest BCUT2D eigenvalue weighted by Gasteiger charge is -2.03. The third-order valence-electron chi connectivity index (χ3n) is 3.10. The number of carbonyl (C=O) groups excluding carboxylic acids is 1. The van der Waals surface area contributed by atoms with E-state index in [4.69, 9.17) is 16.0 Å². The van der Waals surface area contributed by atoms with Crippen LogP contribution < -0.4 is 0 Å². The zero-order valence-electron chi connectivity index (χ0n) is 11.0. The normalized spacial score (nSPS) is 10.8. The van der Waals surface area contributed by atoms with Crippen LogP contribution >= 0.6 is 27.5 Å². The Kier molecular flexibility index (Phi) is 3.69. The Morgan fingerprint density at radius 3 is 2.76 bits per heavy atom. The van der Waals surface area contributed by atoms with Gasteiger partial charge in [0.25, 0.3) is 0 Å². The molecule has 3 aromatic rings. The lowest BCUT2D eigenvalue weighted by atomic mass is 10.2. The van der Waals surface area contributed by atoms with Crippen molar-refractivity contribution < 1.29 is 9.21 Å². The van der Waals surface area contributed by atoms with Crippen LogP contribution in [0.4, 0.5) is 0 Å². The number of aldehydes is 1. The molecule has 0 N–H and O–H groups in total. The highest BCUT2D eigenvalue weighted by Crippen LogP contribution is 2.27. The maximum Gasteiger partial charge on any atom is 0.169 e. The third kappa shape index (κ3) is 2.66. The van der Waals surface area contributed by atoms with Crippen LogP contribution in [0.25, 0.3) is 17.1 Å². The first kappa shape index (κ1) is 14.1. The summed E-state index contributed by atoms with van der Waals surface area (Å²) in [5.41, 5.74) is 2.71. The molecule has 0 fully saturated rings. The summed E-state index contributed by atoms with van der Waals surface area (Å²) < 4.78 is 7.66. The molecule has 21 heavy (non-hydrogen) atoms. The molecular weight excluding hydrogens is 356 g/mol. The molecule has 2 heterocycles. The van der Waals surface area contributed by atoms with Gasteiger partial charge in [-0.1, -0.05) is 17.7 Å². The van der Waals surface area contributed by atoms with E-state index in [9.17, 15) is 4.79 Å². The van der Waals surface area contributed by atoms with Crippen LogP contribution in [0.1, 0.15) is 15.9 Å². The van der Waals surface area contributed by atoms with Crippen molar-refractivity contribution in [2.75, 3.05) is 0 Å². The van der Waals surface area contributed by atoms with Gasteiger partial charge in [0, 0.05) is 11.2 Å². The second-order valence-electron chi connectivity index (χ2n) is 4.53. The molecule has 0 aliphatic rings. The first-order chi connectivity index (χ1) is 10.1. The van der Waals surface area contributed by atoms with Crippen LogP contribution in [0.15, 0.2) is 45.6 Å². The number of carbonyl (C=O) groups is 1. The summed E-state index contributed by atoms with van der Waals surface area (Å²) in [4.78, 5) is 11.2. The predicted molar refractivity (Wildman–Crippen MR) is 84.1 cm³/mol. The quantitative estimate of drug-likeness (QED) is 0.634. The number of benzene rings is 1. The lowest BCUT2D eigenvalue weighted by Crippen LogP contribution is -1.95. The fraction of sp³-hybridized carbons (Fsp3) is 0.0667. The van der Waals surface area contributed by atoms with Gasteiger partial charge in [-0.15, -0.1) is 0 Å². The molecule has 0 aliphatic heterocycles. The highest BCUT2D eigenvalue weighted by molar-refractivity contribution is 9.10. The van der Waals surface area contributed by atoms with Gasteiger partial charge in [0.1, 0.15) is 5.69 Å². The Morgan fingerprint density at radius 1 is 1.33 bits per heavy atom. The maximum absolute atomic E-state index is 11.2. The molecular formula is C15H10BrClN2O2. The van der Waals surface area contributed by atoms with Gasteiger partial charge >= 0.3 is 0 Å². The first-order valence-corrected chi connectivity index (χ1v) is 7.32. The van der Waals surface area contributed by atoms with Crippen molar-refractivity contribution in [3.8, 4) is 17.1 Å². The summed E-state index contributed by atoms with van der Waals surface area (Å²) in [5, 5.41) is 5.07. The highest BCUT2D eigenvalue weighted by atomic mass is 79.9. The highest BCUT2D eigenvalue weighted by Gasteiger charge is 2.15. The summed E-state index contributed by atoms with van der Waals surface area (Å²) >= 11 is 9.37. The predicted octanol–water partition coefficient (Wildman–Crippen LogP) is 4.67. The van der Waals surface area contributed by atoms with Gasteiger partial charge in [0.15, 0.2) is 16.7 Å². The number of aryl methyl sites for hydroxylation is 1. The number of nitrogens with zero attached hydrogens (tertiary/aromatic N) is 2. The number of hydrogen-bond donors (Lipinski definition) is 0. The van der Waals surface area contributed by atoms with E-state index in [2.05, 4.69) is 21.0 Å². The molecule has 0 amide bonds. The van der Waals surface area contributed by atoms with Crippen molar-refractivity contribution in [1.82, 2.24) is 9.78 Å². The summed E-state index contributed by atoms with van der Waals surface area (Å²) in [6.07, 6.45) is 2.41. The van der Waals surface area contributed by atoms with Gasteiger partial charge in [0.05, 0.1) is 11.3 Å². The van der Waals surface area contributed by atoms with Gasteiger partial charge in [-0.05, 0) is 52.7 Å². The lowest BCUT2D eigenvalue weighted by molar-refractivity contribution is 0.112. The monoisotopic (exact) mass is 364 g/mol. The summed E-state index contributed by atoms with van der Waals surface area (Å²) in [7, 11) is 0. The summed E-state index contributed by atoms with van der Waals surface area (Å²) in [5.74, 6) is 0.529. The molecule has 0 saturated carbocycles. The van der Waals surface area contributed by atoms with Crippen LogP contribution in [0.5, 0.6) is 0 Å². The minimum atomic E-state index is 0.452. The Labute approximate surface area is 134 Å². The van der Waals surface area contributed by atoms with E-state index in [-0.39, 0.29) is 0 Å². The van der Waals surface area contributed by atoms with Crippen molar-refractivity contribution in [1.29, 1.82) is 0 Å². The fourth-order valence-electron chi connectivity index (χ4n) is 1.96. The molecule has 3 rings (SSSR count). The topological polar surface area (TPSA) is 48.0 Å². The van der Waals surface area contributed by atoms with E-state index in [1.807, 2.05) is 19.1 Å². The van der Waals surface area contributed by atoms with Crippen molar-refractivity contribution in [3.05, 3.63) is 57.3 Å². The number of halogens is 2. The molecule has 0 bridgehead atoms. The summed E-state index contributed by atoms with van der Waals surface area (Å²) in [6.45, 7) is 1.93. The maximum atomic E-state index is 11.2. The second kappa shape index (κ2) is 5.50. The summed E-state index contributed by atoms with van der Waals surface area (Å²) in [6, 6.07) is 9.12. The first-order valence-electron chi connectivity index (χ1n) is 6.15. The Hall–Kier alpha value is -1.85. The average Bonchev–Trinajstić information content (AvgIpc) is 3.07. The van der Waals surface area contributed by atoms with Gasteiger partial charge in [-0.25, -0.2) is 4.68 Å². The van der Waals surface area contributed by atoms with Crippen molar-refractivity contribution in [2.45, 2.75) is 6.92 Å². The molecule has 0 aliphatic carbocycles. The zero-order valence-corrected chi connectivity index (χ0v) is 13.4. The van der Waals surface area contributed by atoms with Crippen LogP contribution in [0, 0.1) is 6.92 Å². The molecule has 0 atom stereocenters. The van der Waals surface area contributed by atoms with Crippen molar-refractivity contribution in [2.24, 2.45) is 0 Å². The van der Waals surface area contributed by atoms with Gasteiger partial charge < -0.3 is 4.42 Å². The van der Waals surface area contributed by atoms with Crippen molar-refractivity contribution >= 4 is 33.8 Å². The number of hydrogen-bond acceptors (Lipinski definition) is 3. The molecule has 4 nitrogen and oxygen atoms in total. The molecule has 0 radical (unpaired) electrons. The van der Waals surface area contributed by atoms with Crippen molar-refractivity contribution in [3.63, 3.8) is 0 Å². The molecule has 0 spiro atoms. The van der Waals surface area contributed by atoms with E-state index in [0.717, 1.165) is 17.5 Å². The van der Waals surface area contributed by atoms with Gasteiger partial charge in [-0.3, -0.25) is 4.79 Å². The minimum absolute atomic E-state index is 0.452. The van der Waals surface area contributed by atoms with E-state index in [0.29, 0.717) is 26.7 Å². The van der Waals surface area contributed by atoms with Gasteiger partial charge in [0.2, 0.25) is 0 Å². The SMILES string of the molecule is Cc1ccc(-n2cc(C=O)c(-c3ccc(Br)o3)n2)cc1Cl. The third-order valence-corrected chi connectivity index (χ3v) is 3.93.